The zero-order valence-electron chi connectivity index (χ0n) is 12.6. The lowest BCUT2D eigenvalue weighted by Crippen LogP contribution is -2.51. The van der Waals surface area contributed by atoms with Crippen LogP contribution in [0, 0.1) is 6.92 Å². The minimum absolute atomic E-state index is 0.0375. The molecule has 2 aromatic rings. The molecule has 1 fully saturated rings. The van der Waals surface area contributed by atoms with Crippen molar-refractivity contribution in [3.63, 3.8) is 0 Å². The number of ether oxygens (including phenoxy) is 2. The third-order valence-corrected chi connectivity index (χ3v) is 3.81. The van der Waals surface area contributed by atoms with Crippen molar-refractivity contribution >= 4 is 17.4 Å². The Kier molecular flexibility index (Phi) is 4.21. The molecule has 1 aliphatic rings. The van der Waals surface area contributed by atoms with Crippen molar-refractivity contribution in [1.82, 2.24) is 19.9 Å². The molecule has 0 bridgehead atoms. The monoisotopic (exact) mass is 305 g/mol. The van der Waals surface area contributed by atoms with Gasteiger partial charge < -0.3 is 20.1 Å². The topological polar surface area (TPSA) is 89.8 Å². The van der Waals surface area contributed by atoms with Gasteiger partial charge in [0, 0.05) is 19.9 Å². The number of amides is 2. The maximum Gasteiger partial charge on any atom is 0.319 e. The van der Waals surface area contributed by atoms with E-state index in [1.807, 2.05) is 13.0 Å². The number of nitrogens with zero attached hydrogens (tertiary/aromatic N) is 3. The number of methoxy groups -OCH3 is 1. The summed E-state index contributed by atoms with van der Waals surface area (Å²) in [5.41, 5.74) is 2.17. The van der Waals surface area contributed by atoms with Crippen LogP contribution in [0.25, 0.3) is 5.65 Å². The molecule has 0 aliphatic carbocycles. The molecule has 2 N–H and O–H groups in total. The second kappa shape index (κ2) is 6.29. The van der Waals surface area contributed by atoms with Crippen molar-refractivity contribution in [3.8, 4) is 0 Å². The summed E-state index contributed by atoms with van der Waals surface area (Å²) >= 11 is 0. The predicted molar refractivity (Wildman–Crippen MR) is 79.9 cm³/mol. The quantitative estimate of drug-likeness (QED) is 0.881. The second-order valence-corrected chi connectivity index (χ2v) is 5.24. The van der Waals surface area contributed by atoms with Gasteiger partial charge >= 0.3 is 6.03 Å². The molecule has 0 aromatic carbocycles. The van der Waals surface area contributed by atoms with Crippen LogP contribution in [-0.4, -0.2) is 53.1 Å². The zero-order valence-corrected chi connectivity index (χ0v) is 12.6. The van der Waals surface area contributed by atoms with Crippen LogP contribution in [0.5, 0.6) is 0 Å². The van der Waals surface area contributed by atoms with Crippen LogP contribution in [0.2, 0.25) is 0 Å². The first-order valence-corrected chi connectivity index (χ1v) is 7.16. The molecule has 3 rings (SSSR count). The van der Waals surface area contributed by atoms with Crippen LogP contribution in [-0.2, 0) is 9.47 Å². The molecule has 0 saturated carbocycles. The van der Waals surface area contributed by atoms with Crippen LogP contribution < -0.4 is 10.6 Å². The minimum Gasteiger partial charge on any atom is -0.379 e. The molecule has 8 nitrogen and oxygen atoms in total. The number of aryl methyl sites for hydroxylation is 1. The van der Waals surface area contributed by atoms with Crippen molar-refractivity contribution in [2.24, 2.45) is 0 Å². The number of hydrogen-bond donors (Lipinski definition) is 2. The van der Waals surface area contributed by atoms with Gasteiger partial charge in [-0.15, -0.1) is 0 Å². The molecular formula is C14H19N5O3. The molecule has 1 aliphatic heterocycles. The molecule has 22 heavy (non-hydrogen) atoms. The fourth-order valence-corrected chi connectivity index (χ4v) is 2.59. The summed E-state index contributed by atoms with van der Waals surface area (Å²) in [4.78, 5) is 16.4. The lowest BCUT2D eigenvalue weighted by Gasteiger charge is -2.31. The van der Waals surface area contributed by atoms with E-state index in [9.17, 15) is 4.79 Å². The molecule has 0 unspecified atom stereocenters. The van der Waals surface area contributed by atoms with Crippen molar-refractivity contribution < 1.29 is 14.3 Å². The first-order chi connectivity index (χ1) is 10.7. The number of hydrogen-bond acceptors (Lipinski definition) is 5. The fourth-order valence-electron chi connectivity index (χ4n) is 2.59. The highest BCUT2D eigenvalue weighted by atomic mass is 16.5. The maximum atomic E-state index is 12.3. The Morgan fingerprint density at radius 2 is 2.41 bits per heavy atom. The third-order valence-electron chi connectivity index (χ3n) is 3.81. The number of fused-ring (bicyclic) bond motifs is 1. The molecule has 2 aromatic heterocycles. The highest BCUT2D eigenvalue weighted by Gasteiger charge is 2.27. The van der Waals surface area contributed by atoms with Gasteiger partial charge in [0.2, 0.25) is 0 Å². The molecule has 8 heteroatoms. The van der Waals surface area contributed by atoms with E-state index in [-0.39, 0.29) is 18.2 Å². The Hall–Kier alpha value is -2.19. The fraction of sp³-hybridized carbons (Fsp3) is 0.500. The van der Waals surface area contributed by atoms with E-state index >= 15 is 0 Å². The lowest BCUT2D eigenvalue weighted by atomic mass is 10.1. The highest BCUT2D eigenvalue weighted by Crippen LogP contribution is 2.19. The summed E-state index contributed by atoms with van der Waals surface area (Å²) < 4.78 is 12.4. The number of anilines is 1. The van der Waals surface area contributed by atoms with Gasteiger partial charge in [-0.25, -0.2) is 14.3 Å². The number of aromatic nitrogens is 3. The first kappa shape index (κ1) is 14.7. The number of pyridine rings is 1. The number of nitrogens with one attached hydrogen (secondary N) is 2. The maximum absolute atomic E-state index is 12.3. The van der Waals surface area contributed by atoms with Gasteiger partial charge in [-0.05, 0) is 25.0 Å². The SMILES string of the molecule is CO[C@@H]1CCOC[C@H]1NC(=O)Nc1c(C)ccn2ncnc12. The zero-order chi connectivity index (χ0) is 15.5. The van der Waals surface area contributed by atoms with Crippen molar-refractivity contribution in [3.05, 3.63) is 24.2 Å². The Morgan fingerprint density at radius 1 is 1.55 bits per heavy atom. The van der Waals surface area contributed by atoms with Crippen molar-refractivity contribution in [1.29, 1.82) is 0 Å². The first-order valence-electron chi connectivity index (χ1n) is 7.16. The molecule has 3 heterocycles. The van der Waals surface area contributed by atoms with E-state index in [2.05, 4.69) is 20.7 Å². The summed E-state index contributed by atoms with van der Waals surface area (Å²) in [5, 5.41) is 9.80. The molecule has 2 amide bonds. The van der Waals surface area contributed by atoms with Gasteiger partial charge in [-0.1, -0.05) is 0 Å². The Morgan fingerprint density at radius 3 is 3.23 bits per heavy atom. The summed E-state index contributed by atoms with van der Waals surface area (Å²) in [5.74, 6) is 0. The standard InChI is InChI=1S/C14H19N5O3/c1-9-3-5-19-13(15-8-16-19)12(9)18-14(20)17-10-7-22-6-4-11(10)21-2/h3,5,8,10-11H,4,6-7H2,1-2H3,(H2,17,18,20)/t10-,11-/m1/s1. The van der Waals surface area contributed by atoms with Gasteiger partial charge in [0.25, 0.3) is 0 Å². The number of rotatable bonds is 3. The van der Waals surface area contributed by atoms with E-state index in [0.717, 1.165) is 12.0 Å². The van der Waals surface area contributed by atoms with Crippen LogP contribution in [0.3, 0.4) is 0 Å². The van der Waals surface area contributed by atoms with E-state index in [1.54, 1.807) is 17.8 Å². The van der Waals surface area contributed by atoms with Gasteiger partial charge in [-0.3, -0.25) is 0 Å². The predicted octanol–water partition coefficient (Wildman–Crippen LogP) is 0.963. The Bertz CT molecular complexity index is 672. The van der Waals surface area contributed by atoms with Crippen LogP contribution in [0.4, 0.5) is 10.5 Å². The molecular weight excluding hydrogens is 286 g/mol. The molecule has 0 spiro atoms. The van der Waals surface area contributed by atoms with Gasteiger partial charge in [-0.2, -0.15) is 5.10 Å². The van der Waals surface area contributed by atoms with Crippen LogP contribution >= 0.6 is 0 Å². The molecule has 2 atom stereocenters. The van der Waals surface area contributed by atoms with Crippen LogP contribution in [0.1, 0.15) is 12.0 Å². The molecule has 0 radical (unpaired) electrons. The average molecular weight is 305 g/mol. The van der Waals surface area contributed by atoms with Crippen molar-refractivity contribution in [2.75, 3.05) is 25.6 Å². The molecule has 118 valence electrons. The highest BCUT2D eigenvalue weighted by molar-refractivity contribution is 5.94. The third kappa shape index (κ3) is 2.88. The van der Waals surface area contributed by atoms with E-state index in [0.29, 0.717) is 24.5 Å². The van der Waals surface area contributed by atoms with Gasteiger partial charge in [0.05, 0.1) is 24.4 Å². The summed E-state index contributed by atoms with van der Waals surface area (Å²) in [6, 6.07) is 1.40. The smallest absolute Gasteiger partial charge is 0.319 e. The largest absolute Gasteiger partial charge is 0.379 e. The lowest BCUT2D eigenvalue weighted by molar-refractivity contribution is -0.0330. The summed E-state index contributed by atoms with van der Waals surface area (Å²) in [6.45, 7) is 3.00. The number of carbonyl (C=O) groups is 1. The minimum atomic E-state index is -0.309. The Labute approximate surface area is 127 Å². The average Bonchev–Trinajstić information content (AvgIpc) is 2.99. The van der Waals surface area contributed by atoms with Gasteiger partial charge in [0.15, 0.2) is 5.65 Å². The van der Waals surface area contributed by atoms with Gasteiger partial charge in [0.1, 0.15) is 6.33 Å². The van der Waals surface area contributed by atoms with Crippen molar-refractivity contribution in [2.45, 2.75) is 25.5 Å². The molecule has 1 saturated heterocycles. The number of carbonyl (C=O) groups excluding carboxylic acids is 1. The summed E-state index contributed by atoms with van der Waals surface area (Å²) in [7, 11) is 1.64. The number of urea groups is 1. The van der Waals surface area contributed by atoms with E-state index in [1.165, 1.54) is 6.33 Å². The van der Waals surface area contributed by atoms with E-state index in [4.69, 9.17) is 9.47 Å². The normalized spacial score (nSPS) is 21.7. The van der Waals surface area contributed by atoms with Crippen LogP contribution in [0.15, 0.2) is 18.6 Å². The second-order valence-electron chi connectivity index (χ2n) is 5.24. The Balaban J connectivity index is 1.73. The summed E-state index contributed by atoms with van der Waals surface area (Å²) in [6.07, 6.45) is 3.98. The van der Waals surface area contributed by atoms with E-state index < -0.39 is 0 Å².